The molecule has 5 rings (SSSR count). The predicted octanol–water partition coefficient (Wildman–Crippen LogP) is 4.60. The van der Waals surface area contributed by atoms with Crippen LogP contribution in [-0.2, 0) is 14.4 Å². The summed E-state index contributed by atoms with van der Waals surface area (Å²) in [6, 6.07) is 22.4. The Labute approximate surface area is 187 Å². The van der Waals surface area contributed by atoms with Gasteiger partial charge in [-0.15, -0.1) is 0 Å². The molecule has 2 fully saturated rings. The van der Waals surface area contributed by atoms with E-state index in [2.05, 4.69) is 15.9 Å². The Morgan fingerprint density at radius 1 is 0.903 bits per heavy atom. The summed E-state index contributed by atoms with van der Waals surface area (Å²) in [6.45, 7) is 1.73. The van der Waals surface area contributed by atoms with Crippen LogP contribution in [0.1, 0.15) is 18.5 Å². The minimum atomic E-state index is -1.24. The van der Waals surface area contributed by atoms with Gasteiger partial charge < -0.3 is 5.11 Å². The number of aromatic hydroxyl groups is 1. The molecule has 0 bridgehead atoms. The Hall–Kier alpha value is -3.16. The second kappa shape index (κ2) is 7.21. The Kier molecular flexibility index (Phi) is 4.60. The van der Waals surface area contributed by atoms with Crippen molar-refractivity contribution in [2.45, 2.75) is 19.1 Å². The highest BCUT2D eigenvalue weighted by atomic mass is 79.9. The molecule has 2 heterocycles. The Balaban J connectivity index is 1.66. The van der Waals surface area contributed by atoms with Gasteiger partial charge in [0.25, 0.3) is 5.91 Å². The topological polar surface area (TPSA) is 70.1 Å². The predicted molar refractivity (Wildman–Crippen MR) is 119 cm³/mol. The number of phenolic OH excluding ortho intramolecular Hbond substituents is 1. The zero-order valence-corrected chi connectivity index (χ0v) is 18.2. The third kappa shape index (κ3) is 2.88. The number of hydroxylamine groups is 1. The number of benzene rings is 3. The number of amides is 2. The number of carbonyl (C=O) groups is 2. The summed E-state index contributed by atoms with van der Waals surface area (Å²) in [5.74, 6) is -0.744. The molecule has 3 atom stereocenters. The fourth-order valence-electron chi connectivity index (χ4n) is 4.45. The molecule has 31 heavy (non-hydrogen) atoms. The van der Waals surface area contributed by atoms with Crippen molar-refractivity contribution in [1.29, 1.82) is 0 Å². The molecule has 2 saturated heterocycles. The average molecular weight is 479 g/mol. The van der Waals surface area contributed by atoms with E-state index < -0.39 is 23.5 Å². The number of hydrogen-bond donors (Lipinski definition) is 1. The third-order valence-electron chi connectivity index (χ3n) is 6.00. The van der Waals surface area contributed by atoms with Crippen LogP contribution in [0, 0.1) is 5.41 Å². The van der Waals surface area contributed by atoms with Gasteiger partial charge in [0.05, 0.1) is 11.4 Å². The molecule has 3 aromatic carbocycles. The molecular formula is C24H19BrN2O4. The molecule has 0 aromatic heterocycles. The van der Waals surface area contributed by atoms with Gasteiger partial charge in [-0.1, -0.05) is 52.3 Å². The van der Waals surface area contributed by atoms with Gasteiger partial charge in [-0.3, -0.25) is 14.4 Å². The van der Waals surface area contributed by atoms with Crippen molar-refractivity contribution in [2.24, 2.45) is 5.41 Å². The van der Waals surface area contributed by atoms with Crippen LogP contribution in [-0.4, -0.2) is 23.0 Å². The van der Waals surface area contributed by atoms with Crippen molar-refractivity contribution in [3.05, 3.63) is 88.9 Å². The molecule has 0 aliphatic carbocycles. The van der Waals surface area contributed by atoms with E-state index >= 15 is 0 Å². The zero-order chi connectivity index (χ0) is 21.8. The highest BCUT2D eigenvalue weighted by Crippen LogP contribution is 2.56. The van der Waals surface area contributed by atoms with Gasteiger partial charge in [0, 0.05) is 10.0 Å². The standard InChI is InChI=1S/C24H19BrN2O4/c1-24-20(18-9-5-6-10-19(18)28)27(17-7-3-2-4-8-17)31-21(24)22(29)26(23(24)30)16-13-11-15(25)12-14-16/h2-14,20-21,28H,1H3. The van der Waals surface area contributed by atoms with Crippen molar-refractivity contribution >= 4 is 39.1 Å². The van der Waals surface area contributed by atoms with E-state index in [9.17, 15) is 14.7 Å². The highest BCUT2D eigenvalue weighted by molar-refractivity contribution is 9.10. The maximum Gasteiger partial charge on any atom is 0.266 e. The smallest absolute Gasteiger partial charge is 0.266 e. The summed E-state index contributed by atoms with van der Waals surface area (Å²) in [6.07, 6.45) is -1.02. The van der Waals surface area contributed by atoms with Crippen LogP contribution in [0.4, 0.5) is 11.4 Å². The fourth-order valence-corrected chi connectivity index (χ4v) is 4.71. The molecule has 6 nitrogen and oxygen atoms in total. The molecule has 0 radical (unpaired) electrons. The number of para-hydroxylation sites is 2. The first-order valence-electron chi connectivity index (χ1n) is 9.86. The van der Waals surface area contributed by atoms with Crippen LogP contribution in [0.3, 0.4) is 0 Å². The van der Waals surface area contributed by atoms with Crippen LogP contribution in [0.15, 0.2) is 83.3 Å². The number of phenols is 1. The van der Waals surface area contributed by atoms with Crippen LogP contribution in [0.5, 0.6) is 5.75 Å². The van der Waals surface area contributed by atoms with Gasteiger partial charge in [0.2, 0.25) is 5.91 Å². The monoisotopic (exact) mass is 478 g/mol. The summed E-state index contributed by atoms with van der Waals surface area (Å²) in [5, 5.41) is 12.2. The normalized spacial score (nSPS) is 25.2. The lowest BCUT2D eigenvalue weighted by Crippen LogP contribution is -2.41. The van der Waals surface area contributed by atoms with E-state index in [4.69, 9.17) is 4.84 Å². The lowest BCUT2D eigenvalue weighted by molar-refractivity contribution is -0.128. The van der Waals surface area contributed by atoms with Crippen molar-refractivity contribution in [3.8, 4) is 5.75 Å². The van der Waals surface area contributed by atoms with E-state index in [1.807, 2.05) is 30.3 Å². The molecule has 0 saturated carbocycles. The quantitative estimate of drug-likeness (QED) is 0.557. The Morgan fingerprint density at radius 3 is 2.23 bits per heavy atom. The summed E-state index contributed by atoms with van der Waals surface area (Å²) in [4.78, 5) is 34.5. The molecule has 156 valence electrons. The van der Waals surface area contributed by atoms with Crippen molar-refractivity contribution in [2.75, 3.05) is 9.96 Å². The van der Waals surface area contributed by atoms with Crippen LogP contribution in [0.2, 0.25) is 0 Å². The molecular weight excluding hydrogens is 460 g/mol. The number of halogens is 1. The first-order valence-corrected chi connectivity index (χ1v) is 10.6. The Morgan fingerprint density at radius 2 is 1.55 bits per heavy atom. The van der Waals surface area contributed by atoms with E-state index in [1.54, 1.807) is 60.5 Å². The van der Waals surface area contributed by atoms with Gasteiger partial charge in [-0.05, 0) is 49.4 Å². The first-order chi connectivity index (χ1) is 14.9. The number of carbonyl (C=O) groups excluding carboxylic acids is 2. The lowest BCUT2D eigenvalue weighted by Gasteiger charge is -2.33. The zero-order valence-electron chi connectivity index (χ0n) is 16.6. The van der Waals surface area contributed by atoms with Crippen LogP contribution < -0.4 is 9.96 Å². The maximum atomic E-state index is 13.8. The van der Waals surface area contributed by atoms with Gasteiger partial charge in [0.1, 0.15) is 17.2 Å². The van der Waals surface area contributed by atoms with Crippen molar-refractivity contribution < 1.29 is 19.5 Å². The summed E-state index contributed by atoms with van der Waals surface area (Å²) >= 11 is 3.38. The van der Waals surface area contributed by atoms with E-state index in [1.165, 1.54) is 4.90 Å². The minimum absolute atomic E-state index is 0.0428. The van der Waals surface area contributed by atoms with E-state index in [0.717, 1.165) is 4.47 Å². The first kappa shape index (κ1) is 19.8. The van der Waals surface area contributed by atoms with Gasteiger partial charge in [-0.25, -0.2) is 9.96 Å². The van der Waals surface area contributed by atoms with Crippen LogP contribution >= 0.6 is 15.9 Å². The maximum absolute atomic E-state index is 13.8. The highest BCUT2D eigenvalue weighted by Gasteiger charge is 2.69. The molecule has 2 amide bonds. The van der Waals surface area contributed by atoms with Gasteiger partial charge >= 0.3 is 0 Å². The Bertz CT molecular complexity index is 1170. The SMILES string of the molecule is CC12C(=O)N(c3ccc(Br)cc3)C(=O)C1ON(c1ccccc1)C2c1ccccc1O. The lowest BCUT2D eigenvalue weighted by atomic mass is 9.76. The largest absolute Gasteiger partial charge is 0.508 e. The number of rotatable bonds is 3. The molecule has 3 unspecified atom stereocenters. The number of nitrogens with zero attached hydrogens (tertiary/aromatic N) is 2. The summed E-state index contributed by atoms with van der Waals surface area (Å²) < 4.78 is 0.848. The number of imide groups is 1. The second-order valence-electron chi connectivity index (χ2n) is 7.85. The molecule has 2 aliphatic rings. The van der Waals surface area contributed by atoms with Crippen molar-refractivity contribution in [3.63, 3.8) is 0 Å². The van der Waals surface area contributed by atoms with Gasteiger partial charge in [0.15, 0.2) is 6.10 Å². The van der Waals surface area contributed by atoms with Gasteiger partial charge in [-0.2, -0.15) is 0 Å². The second-order valence-corrected chi connectivity index (χ2v) is 8.76. The number of anilines is 2. The average Bonchev–Trinajstić information content (AvgIpc) is 3.19. The molecule has 0 spiro atoms. The molecule has 7 heteroatoms. The number of hydrogen-bond acceptors (Lipinski definition) is 5. The summed E-state index contributed by atoms with van der Waals surface area (Å²) in [7, 11) is 0. The fraction of sp³-hybridized carbons (Fsp3) is 0.167. The minimum Gasteiger partial charge on any atom is -0.508 e. The molecule has 2 aliphatic heterocycles. The van der Waals surface area contributed by atoms with Crippen molar-refractivity contribution in [1.82, 2.24) is 0 Å². The third-order valence-corrected chi connectivity index (χ3v) is 6.53. The number of fused-ring (bicyclic) bond motifs is 1. The summed E-state index contributed by atoms with van der Waals surface area (Å²) in [5.41, 5.74) is 0.468. The molecule has 3 aromatic rings. The molecule has 1 N–H and O–H groups in total. The van der Waals surface area contributed by atoms with E-state index in [-0.39, 0.29) is 11.7 Å². The van der Waals surface area contributed by atoms with Crippen LogP contribution in [0.25, 0.3) is 0 Å². The van der Waals surface area contributed by atoms with E-state index in [0.29, 0.717) is 16.9 Å².